The van der Waals surface area contributed by atoms with Crippen molar-refractivity contribution in [2.24, 2.45) is 0 Å². The van der Waals surface area contributed by atoms with E-state index in [0.29, 0.717) is 5.71 Å². The van der Waals surface area contributed by atoms with Crippen LogP contribution in [-0.4, -0.2) is 10.7 Å². The van der Waals surface area contributed by atoms with Crippen LogP contribution in [0.4, 0.5) is 11.4 Å². The number of fused-ring (bicyclic) bond motifs is 4. The fourth-order valence-electron chi connectivity index (χ4n) is 5.13. The Labute approximate surface area is 223 Å². The number of allylic oxidation sites excluding steroid dienone is 7. The first-order valence-corrected chi connectivity index (χ1v) is 12.7. The molecule has 6 rings (SSSR count). The molecule has 0 bridgehead atoms. The van der Waals surface area contributed by atoms with E-state index >= 15 is 0 Å². The smallest absolute Gasteiger partial charge is 0.0982 e. The summed E-state index contributed by atoms with van der Waals surface area (Å²) in [5.41, 5.74) is 10.5. The van der Waals surface area contributed by atoms with E-state index in [4.69, 9.17) is 0 Å². The second-order valence-corrected chi connectivity index (χ2v) is 9.49. The molecule has 2 heterocycles. The lowest BCUT2D eigenvalue weighted by molar-refractivity contribution is 1.19. The number of benzene rings is 3. The van der Waals surface area contributed by atoms with Gasteiger partial charge in [-0.25, -0.2) is 0 Å². The summed E-state index contributed by atoms with van der Waals surface area (Å²) < 4.78 is 0. The van der Waals surface area contributed by atoms with Crippen molar-refractivity contribution in [3.8, 4) is 11.1 Å². The average Bonchev–Trinajstić information content (AvgIpc) is 3.47. The molecular formula is C35H27N3. The maximum Gasteiger partial charge on any atom is 0.0982 e. The Morgan fingerprint density at radius 2 is 1.68 bits per heavy atom. The Bertz CT molecular complexity index is 1810. The highest BCUT2D eigenvalue weighted by atomic mass is 15.2. The quantitative estimate of drug-likeness (QED) is 0.238. The standard InChI is InChI=1S/C35H27N3/c1-4-5-7-12-23(2)24(3)35-34(36)30-22-26(18-20-33(30)38(35)27-13-8-6-9-14-27)25-17-19-32-29(21-25)28-15-10-11-16-31(28)37-32/h4-16,18,20-22,36-37H,1H2,2-3H3/b7-5-,23-12+,35-24-,36-34?. The van der Waals surface area contributed by atoms with Gasteiger partial charge in [-0.1, -0.05) is 79.4 Å². The lowest BCUT2D eigenvalue weighted by atomic mass is 9.98. The molecule has 0 atom stereocenters. The van der Waals surface area contributed by atoms with Crippen molar-refractivity contribution >= 4 is 38.9 Å². The molecule has 1 aliphatic heterocycles. The van der Waals surface area contributed by atoms with Crippen molar-refractivity contribution in [2.45, 2.75) is 13.8 Å². The van der Waals surface area contributed by atoms with E-state index < -0.39 is 0 Å². The highest BCUT2D eigenvalue weighted by Gasteiger charge is 2.32. The van der Waals surface area contributed by atoms with E-state index in [-0.39, 0.29) is 0 Å². The monoisotopic (exact) mass is 489 g/mol. The molecule has 1 aliphatic rings. The summed E-state index contributed by atoms with van der Waals surface area (Å²) in [5, 5.41) is 11.6. The van der Waals surface area contributed by atoms with Gasteiger partial charge in [0.1, 0.15) is 0 Å². The minimum Gasteiger partial charge on any atom is -0.348 e. The average molecular weight is 490 g/mol. The second kappa shape index (κ2) is 9.42. The van der Waals surface area contributed by atoms with E-state index in [9.17, 15) is 5.41 Å². The second-order valence-electron chi connectivity index (χ2n) is 9.49. The highest BCUT2D eigenvalue weighted by molar-refractivity contribution is 6.23. The molecule has 5 aromatic rings. The summed E-state index contributed by atoms with van der Waals surface area (Å²) in [6, 6.07) is 33.8. The van der Waals surface area contributed by atoms with Crippen LogP contribution in [0.1, 0.15) is 19.4 Å². The molecule has 0 spiro atoms. The summed E-state index contributed by atoms with van der Waals surface area (Å²) in [5.74, 6) is 0. The van der Waals surface area contributed by atoms with E-state index in [1.807, 2.05) is 36.4 Å². The maximum atomic E-state index is 9.29. The number of nitrogens with one attached hydrogen (secondary N) is 2. The Balaban J connectivity index is 1.50. The fraction of sp³-hybridized carbons (Fsp3) is 0.0571. The molecule has 1 aromatic heterocycles. The van der Waals surface area contributed by atoms with Crippen molar-refractivity contribution in [1.82, 2.24) is 4.98 Å². The number of para-hydroxylation sites is 2. The molecule has 0 radical (unpaired) electrons. The molecule has 0 unspecified atom stereocenters. The zero-order chi connectivity index (χ0) is 26.2. The van der Waals surface area contributed by atoms with E-state index in [1.54, 1.807) is 6.08 Å². The van der Waals surface area contributed by atoms with Gasteiger partial charge in [0.05, 0.1) is 22.6 Å². The summed E-state index contributed by atoms with van der Waals surface area (Å²) in [6.07, 6.45) is 7.72. The zero-order valence-corrected chi connectivity index (χ0v) is 21.5. The normalized spacial score (nSPS) is 14.8. The molecule has 4 aromatic carbocycles. The summed E-state index contributed by atoms with van der Waals surface area (Å²) in [7, 11) is 0. The molecule has 3 heteroatoms. The SMILES string of the molecule is C=C\C=C/C=C(C)/C(C)=C1/C(=N)c2cc(-c3c#cc4[nH]c5ccccc5c4c3)ccc2N1c1ccccc1. The molecule has 3 nitrogen and oxygen atoms in total. The number of hydrogen-bond acceptors (Lipinski definition) is 2. The number of rotatable bonds is 5. The van der Waals surface area contributed by atoms with Crippen LogP contribution in [0.2, 0.25) is 0 Å². The molecule has 2 N–H and O–H groups in total. The largest absolute Gasteiger partial charge is 0.348 e. The summed E-state index contributed by atoms with van der Waals surface area (Å²) in [6.45, 7) is 7.93. The molecule has 0 amide bonds. The van der Waals surface area contributed by atoms with Crippen LogP contribution >= 0.6 is 0 Å². The predicted molar refractivity (Wildman–Crippen MR) is 160 cm³/mol. The third-order valence-corrected chi connectivity index (χ3v) is 7.19. The van der Waals surface area contributed by atoms with Crippen LogP contribution < -0.4 is 4.90 Å². The van der Waals surface area contributed by atoms with Gasteiger partial charge in [-0.2, -0.15) is 0 Å². The topological polar surface area (TPSA) is 42.9 Å². The molecular weight excluding hydrogens is 462 g/mol. The van der Waals surface area contributed by atoms with Crippen molar-refractivity contribution in [1.29, 1.82) is 5.41 Å². The Morgan fingerprint density at radius 3 is 2.50 bits per heavy atom. The summed E-state index contributed by atoms with van der Waals surface area (Å²) in [4.78, 5) is 5.63. The molecule has 38 heavy (non-hydrogen) atoms. The van der Waals surface area contributed by atoms with E-state index in [0.717, 1.165) is 61.3 Å². The molecule has 0 saturated heterocycles. The van der Waals surface area contributed by atoms with Gasteiger partial charge >= 0.3 is 0 Å². The molecule has 0 aliphatic carbocycles. The van der Waals surface area contributed by atoms with Gasteiger partial charge < -0.3 is 9.88 Å². The third kappa shape index (κ3) is 3.84. The first-order valence-electron chi connectivity index (χ1n) is 12.7. The Kier molecular flexibility index (Phi) is 5.79. The van der Waals surface area contributed by atoms with Crippen LogP contribution in [0.3, 0.4) is 0 Å². The molecule has 0 fully saturated rings. The van der Waals surface area contributed by atoms with Gasteiger partial charge in [-0.05, 0) is 73.0 Å². The third-order valence-electron chi connectivity index (χ3n) is 7.19. The van der Waals surface area contributed by atoms with Gasteiger partial charge in [0.2, 0.25) is 0 Å². The first-order chi connectivity index (χ1) is 18.6. The minimum atomic E-state index is 0.515. The maximum absolute atomic E-state index is 9.29. The van der Waals surface area contributed by atoms with Gasteiger partial charge in [-0.3, -0.25) is 5.41 Å². The summed E-state index contributed by atoms with van der Waals surface area (Å²) >= 11 is 0. The Hall–Kier alpha value is -5.07. The van der Waals surface area contributed by atoms with Crippen LogP contribution in [0, 0.1) is 17.5 Å². The lowest BCUT2D eigenvalue weighted by Crippen LogP contribution is -2.16. The zero-order valence-electron chi connectivity index (χ0n) is 21.5. The molecule has 182 valence electrons. The van der Waals surface area contributed by atoms with Crippen LogP contribution in [0.15, 0.2) is 127 Å². The van der Waals surface area contributed by atoms with Crippen molar-refractivity contribution < 1.29 is 0 Å². The fourth-order valence-corrected chi connectivity index (χ4v) is 5.13. The van der Waals surface area contributed by atoms with Gasteiger partial charge in [0.25, 0.3) is 0 Å². The number of aromatic amines is 1. The van der Waals surface area contributed by atoms with Gasteiger partial charge in [0.15, 0.2) is 0 Å². The van der Waals surface area contributed by atoms with Crippen molar-refractivity contribution in [3.05, 3.63) is 144 Å². The van der Waals surface area contributed by atoms with E-state index in [1.165, 1.54) is 5.39 Å². The van der Waals surface area contributed by atoms with Crippen molar-refractivity contribution in [3.63, 3.8) is 0 Å². The number of hydrogen-bond donors (Lipinski definition) is 2. The predicted octanol–water partition coefficient (Wildman–Crippen LogP) is 9.07. The van der Waals surface area contributed by atoms with Crippen LogP contribution in [0.5, 0.6) is 0 Å². The first kappa shape index (κ1) is 23.3. The van der Waals surface area contributed by atoms with Gasteiger partial charge in [0, 0.05) is 33.1 Å². The molecule has 0 saturated carbocycles. The number of H-pyrrole nitrogens is 1. The number of aromatic nitrogens is 1. The lowest BCUT2D eigenvalue weighted by Gasteiger charge is -2.23. The number of anilines is 2. The number of nitrogens with zero attached hydrogens (tertiary/aromatic N) is 1. The van der Waals surface area contributed by atoms with Gasteiger partial charge in [-0.15, -0.1) is 0 Å². The highest BCUT2D eigenvalue weighted by Crippen LogP contribution is 2.44. The van der Waals surface area contributed by atoms with E-state index in [2.05, 4.69) is 103 Å². The van der Waals surface area contributed by atoms with Crippen LogP contribution in [-0.2, 0) is 0 Å². The Morgan fingerprint density at radius 1 is 0.895 bits per heavy atom. The van der Waals surface area contributed by atoms with Crippen LogP contribution in [0.25, 0.3) is 32.9 Å². The minimum absolute atomic E-state index is 0.515. The van der Waals surface area contributed by atoms with Crippen molar-refractivity contribution in [2.75, 3.05) is 4.90 Å².